The Kier molecular flexibility index (Phi) is 4.54. The molecule has 1 atom stereocenters. The Morgan fingerprint density at radius 1 is 1.39 bits per heavy atom. The number of rotatable bonds is 3. The van der Waals surface area contributed by atoms with E-state index in [-0.39, 0.29) is 23.5 Å². The molecule has 0 amide bonds. The van der Waals surface area contributed by atoms with Crippen LogP contribution in [0.2, 0.25) is 0 Å². The Bertz CT molecular complexity index is 687. The maximum absolute atomic E-state index is 12.3. The van der Waals surface area contributed by atoms with Crippen LogP contribution < -0.4 is 5.73 Å². The molecule has 0 radical (unpaired) electrons. The molecule has 0 spiro atoms. The number of nitrogen functional groups attached to an aromatic ring is 1. The summed E-state index contributed by atoms with van der Waals surface area (Å²) in [6, 6.07) is 6.75. The summed E-state index contributed by atoms with van der Waals surface area (Å²) >= 11 is 0. The highest BCUT2D eigenvalue weighted by Crippen LogP contribution is 2.41. The molecule has 0 fully saturated rings. The number of esters is 1. The van der Waals surface area contributed by atoms with Gasteiger partial charge in [-0.2, -0.15) is 0 Å². The molecular weight excluding hydrogens is 296 g/mol. The lowest BCUT2D eigenvalue weighted by Crippen LogP contribution is -2.40. The van der Waals surface area contributed by atoms with E-state index >= 15 is 0 Å². The predicted molar refractivity (Wildman–Crippen MR) is 87.6 cm³/mol. The number of Topliss-reactive ketones (excluding diaryl/α,β-unsaturated/α-hetero) is 1. The number of methoxy groups -OCH3 is 1. The number of nitrogens with zero attached hydrogens (tertiary/aromatic N) is 1. The first-order valence-electron chi connectivity index (χ1n) is 7.20. The van der Waals surface area contributed by atoms with Gasteiger partial charge in [-0.25, -0.2) is 0 Å². The van der Waals surface area contributed by atoms with Crippen molar-refractivity contribution in [3.63, 3.8) is 0 Å². The zero-order valence-corrected chi connectivity index (χ0v) is 13.4. The van der Waals surface area contributed by atoms with E-state index in [0.717, 1.165) is 0 Å². The van der Waals surface area contributed by atoms with Crippen molar-refractivity contribution in [2.45, 2.75) is 20.3 Å². The van der Waals surface area contributed by atoms with Crippen molar-refractivity contribution in [1.29, 1.82) is 0 Å². The van der Waals surface area contributed by atoms with E-state index in [1.54, 1.807) is 38.1 Å². The van der Waals surface area contributed by atoms with Gasteiger partial charge in [-0.15, -0.1) is 0 Å². The second kappa shape index (κ2) is 6.24. The number of hydrogen-bond acceptors (Lipinski definition) is 6. The van der Waals surface area contributed by atoms with Crippen LogP contribution >= 0.6 is 0 Å². The minimum absolute atomic E-state index is 0.0385. The highest BCUT2D eigenvalue weighted by atomic mass is 16.5. The van der Waals surface area contributed by atoms with Crippen LogP contribution in [0.5, 0.6) is 0 Å². The molecule has 1 aliphatic rings. The first kappa shape index (κ1) is 16.7. The standard InChI is InChI=1S/C17H20N2O4/c1-17(2)8-13(20)12(15(21)14(17)16(22)23-3)9-19-11-6-4-10(18)5-7-11/h4-7,9,14,21H,8,18H2,1-3H3. The van der Waals surface area contributed by atoms with Crippen LogP contribution in [0.1, 0.15) is 20.3 Å². The lowest BCUT2D eigenvalue weighted by Gasteiger charge is -2.35. The van der Waals surface area contributed by atoms with Crippen LogP contribution in [0.15, 0.2) is 40.6 Å². The molecule has 1 aromatic carbocycles. The summed E-state index contributed by atoms with van der Waals surface area (Å²) in [5.41, 5.74) is 6.12. The Hall–Kier alpha value is -2.63. The summed E-state index contributed by atoms with van der Waals surface area (Å²) in [6.45, 7) is 3.49. The Morgan fingerprint density at radius 2 is 2.00 bits per heavy atom. The zero-order chi connectivity index (χ0) is 17.2. The fourth-order valence-corrected chi connectivity index (χ4v) is 2.67. The smallest absolute Gasteiger partial charge is 0.316 e. The van der Waals surface area contributed by atoms with Gasteiger partial charge in [-0.1, -0.05) is 13.8 Å². The average Bonchev–Trinajstić information content (AvgIpc) is 2.47. The van der Waals surface area contributed by atoms with Crippen LogP contribution in [-0.2, 0) is 14.3 Å². The predicted octanol–water partition coefficient (Wildman–Crippen LogP) is 2.57. The molecule has 23 heavy (non-hydrogen) atoms. The van der Waals surface area contributed by atoms with Crippen molar-refractivity contribution in [1.82, 2.24) is 0 Å². The molecule has 2 rings (SSSR count). The van der Waals surface area contributed by atoms with Gasteiger partial charge in [0.25, 0.3) is 0 Å². The van der Waals surface area contributed by atoms with Crippen LogP contribution in [0.25, 0.3) is 0 Å². The van der Waals surface area contributed by atoms with Crippen LogP contribution in [0.4, 0.5) is 11.4 Å². The molecule has 6 heteroatoms. The summed E-state index contributed by atoms with van der Waals surface area (Å²) in [6.07, 6.45) is 1.41. The number of carbonyl (C=O) groups excluding carboxylic acids is 2. The minimum atomic E-state index is -0.891. The number of aliphatic imine (C=N–C) groups is 1. The van der Waals surface area contributed by atoms with Gasteiger partial charge in [-0.05, 0) is 29.7 Å². The van der Waals surface area contributed by atoms with Gasteiger partial charge >= 0.3 is 5.97 Å². The Morgan fingerprint density at radius 3 is 2.57 bits per heavy atom. The molecule has 0 aliphatic heterocycles. The molecule has 0 saturated carbocycles. The maximum atomic E-state index is 12.3. The highest BCUT2D eigenvalue weighted by Gasteiger charge is 2.46. The molecule has 6 nitrogen and oxygen atoms in total. The van der Waals surface area contributed by atoms with Gasteiger partial charge in [-0.3, -0.25) is 14.6 Å². The van der Waals surface area contributed by atoms with Crippen molar-refractivity contribution in [3.05, 3.63) is 35.6 Å². The normalized spacial score (nSPS) is 20.8. The third-order valence-corrected chi connectivity index (χ3v) is 3.92. The number of benzene rings is 1. The number of ether oxygens (including phenoxy) is 1. The molecule has 0 saturated heterocycles. The van der Waals surface area contributed by atoms with E-state index in [2.05, 4.69) is 4.99 Å². The number of aliphatic hydroxyl groups excluding tert-OH is 1. The number of anilines is 1. The quantitative estimate of drug-likeness (QED) is 0.507. The second-order valence-corrected chi connectivity index (χ2v) is 6.19. The number of carbonyl (C=O) groups is 2. The van der Waals surface area contributed by atoms with E-state index in [0.29, 0.717) is 11.4 Å². The first-order valence-corrected chi connectivity index (χ1v) is 7.20. The third-order valence-electron chi connectivity index (χ3n) is 3.92. The lowest BCUT2D eigenvalue weighted by atomic mass is 9.68. The summed E-state index contributed by atoms with van der Waals surface area (Å²) in [4.78, 5) is 28.4. The van der Waals surface area contributed by atoms with Crippen molar-refractivity contribution < 1.29 is 19.4 Å². The fourth-order valence-electron chi connectivity index (χ4n) is 2.67. The van der Waals surface area contributed by atoms with E-state index in [9.17, 15) is 14.7 Å². The van der Waals surface area contributed by atoms with Crippen molar-refractivity contribution in [2.24, 2.45) is 16.3 Å². The van der Waals surface area contributed by atoms with E-state index in [1.165, 1.54) is 13.3 Å². The van der Waals surface area contributed by atoms with Gasteiger partial charge in [0.2, 0.25) is 0 Å². The lowest BCUT2D eigenvalue weighted by molar-refractivity contribution is -0.150. The van der Waals surface area contributed by atoms with Crippen molar-refractivity contribution in [2.75, 3.05) is 12.8 Å². The summed E-state index contributed by atoms with van der Waals surface area (Å²) in [5, 5.41) is 10.4. The van der Waals surface area contributed by atoms with E-state index < -0.39 is 17.3 Å². The maximum Gasteiger partial charge on any atom is 0.316 e. The number of aliphatic hydroxyl groups is 1. The van der Waals surface area contributed by atoms with Gasteiger partial charge < -0.3 is 15.6 Å². The van der Waals surface area contributed by atoms with Crippen LogP contribution in [-0.4, -0.2) is 30.2 Å². The molecule has 0 bridgehead atoms. The van der Waals surface area contributed by atoms with Gasteiger partial charge in [0.05, 0.1) is 18.4 Å². The first-order chi connectivity index (χ1) is 10.8. The molecule has 1 aliphatic carbocycles. The number of hydrogen-bond donors (Lipinski definition) is 2. The number of ketones is 1. The van der Waals surface area contributed by atoms with Gasteiger partial charge in [0.15, 0.2) is 5.78 Å². The molecule has 122 valence electrons. The minimum Gasteiger partial charge on any atom is -0.511 e. The topological polar surface area (TPSA) is 102 Å². The molecule has 3 N–H and O–H groups in total. The summed E-state index contributed by atoms with van der Waals surface area (Å²) < 4.78 is 4.75. The molecule has 0 aromatic heterocycles. The summed E-state index contributed by atoms with van der Waals surface area (Å²) in [7, 11) is 1.25. The number of nitrogens with two attached hydrogens (primary N) is 1. The fraction of sp³-hybridized carbons (Fsp3) is 0.353. The Balaban J connectivity index is 2.40. The van der Waals surface area contributed by atoms with E-state index in [1.807, 2.05) is 0 Å². The number of allylic oxidation sites excluding steroid dienone is 1. The van der Waals surface area contributed by atoms with Gasteiger partial charge in [0.1, 0.15) is 11.7 Å². The molecule has 1 aromatic rings. The molecule has 0 heterocycles. The van der Waals surface area contributed by atoms with Crippen LogP contribution in [0, 0.1) is 11.3 Å². The van der Waals surface area contributed by atoms with E-state index in [4.69, 9.17) is 10.5 Å². The largest absolute Gasteiger partial charge is 0.511 e. The molecule has 1 unspecified atom stereocenters. The second-order valence-electron chi connectivity index (χ2n) is 6.19. The third kappa shape index (κ3) is 3.41. The van der Waals surface area contributed by atoms with Crippen LogP contribution in [0.3, 0.4) is 0 Å². The van der Waals surface area contributed by atoms with Gasteiger partial charge in [0, 0.05) is 18.3 Å². The van der Waals surface area contributed by atoms with Crippen molar-refractivity contribution >= 4 is 29.3 Å². The zero-order valence-electron chi connectivity index (χ0n) is 13.4. The Labute approximate surface area is 134 Å². The summed E-state index contributed by atoms with van der Waals surface area (Å²) in [5.74, 6) is -2.01. The average molecular weight is 316 g/mol. The molecular formula is C17H20N2O4. The monoisotopic (exact) mass is 316 g/mol. The van der Waals surface area contributed by atoms with Crippen molar-refractivity contribution in [3.8, 4) is 0 Å². The SMILES string of the molecule is COC(=O)C1C(O)=C(C=Nc2ccc(N)cc2)C(=O)CC1(C)C. The highest BCUT2D eigenvalue weighted by molar-refractivity contribution is 6.15.